The van der Waals surface area contributed by atoms with Crippen LogP contribution in [0.5, 0.6) is 0 Å². The van der Waals surface area contributed by atoms with Crippen molar-refractivity contribution in [3.8, 4) is 0 Å². The largest absolute Gasteiger partial charge is 0.370 e. The van der Waals surface area contributed by atoms with Gasteiger partial charge < -0.3 is 10.6 Å². The number of hydrogen-bond acceptors (Lipinski definition) is 3. The lowest BCUT2D eigenvalue weighted by molar-refractivity contribution is 0.969. The molecule has 0 saturated carbocycles. The first-order valence-electron chi connectivity index (χ1n) is 6.00. The second-order valence-corrected chi connectivity index (χ2v) is 4.90. The number of nitrogens with zero attached hydrogens (tertiary/aromatic N) is 1. The maximum Gasteiger partial charge on any atom is 0.127 e. The van der Waals surface area contributed by atoms with E-state index in [2.05, 4.69) is 38.5 Å². The Kier molecular flexibility index (Phi) is 4.59. The van der Waals surface area contributed by atoms with Crippen LogP contribution in [0.1, 0.15) is 13.3 Å². The Bertz CT molecular complexity index is 497. The van der Waals surface area contributed by atoms with Crippen molar-refractivity contribution < 1.29 is 0 Å². The highest BCUT2D eigenvalue weighted by Gasteiger charge is 1.97. The zero-order chi connectivity index (χ0) is 12.8. The quantitative estimate of drug-likeness (QED) is 0.859. The van der Waals surface area contributed by atoms with Gasteiger partial charge in [-0.1, -0.05) is 22.9 Å². The number of rotatable bonds is 5. The van der Waals surface area contributed by atoms with Gasteiger partial charge in [-0.05, 0) is 36.8 Å². The lowest BCUT2D eigenvalue weighted by atomic mass is 10.3. The summed E-state index contributed by atoms with van der Waals surface area (Å²) in [7, 11) is 0. The van der Waals surface area contributed by atoms with Crippen LogP contribution in [0.25, 0.3) is 0 Å². The average Bonchev–Trinajstić information content (AvgIpc) is 2.40. The van der Waals surface area contributed by atoms with E-state index in [1.54, 1.807) is 6.20 Å². The number of anilines is 3. The highest BCUT2D eigenvalue weighted by molar-refractivity contribution is 9.10. The van der Waals surface area contributed by atoms with E-state index in [9.17, 15) is 0 Å². The molecule has 18 heavy (non-hydrogen) atoms. The van der Waals surface area contributed by atoms with Gasteiger partial charge in [-0.2, -0.15) is 0 Å². The third-order valence-corrected chi connectivity index (χ3v) is 2.98. The summed E-state index contributed by atoms with van der Waals surface area (Å²) in [5.41, 5.74) is 2.09. The molecule has 1 heterocycles. The summed E-state index contributed by atoms with van der Waals surface area (Å²) in [5.74, 6) is 0.902. The fraction of sp³-hybridized carbons (Fsp3) is 0.214. The Morgan fingerprint density at radius 2 is 1.89 bits per heavy atom. The van der Waals surface area contributed by atoms with Crippen molar-refractivity contribution >= 4 is 33.1 Å². The molecule has 2 N–H and O–H groups in total. The molecule has 0 bridgehead atoms. The van der Waals surface area contributed by atoms with Crippen molar-refractivity contribution in [1.82, 2.24) is 4.98 Å². The summed E-state index contributed by atoms with van der Waals surface area (Å²) in [6.07, 6.45) is 2.89. The Hall–Kier alpha value is -1.55. The van der Waals surface area contributed by atoms with Gasteiger partial charge in [-0.3, -0.25) is 0 Å². The number of pyridine rings is 1. The van der Waals surface area contributed by atoms with Gasteiger partial charge in [0.2, 0.25) is 0 Å². The first kappa shape index (κ1) is 12.9. The van der Waals surface area contributed by atoms with Crippen molar-refractivity contribution in [2.75, 3.05) is 17.2 Å². The summed E-state index contributed by atoms with van der Waals surface area (Å²) >= 11 is 3.42. The minimum absolute atomic E-state index is 0.902. The predicted octanol–water partition coefficient (Wildman–Crippen LogP) is 4.41. The monoisotopic (exact) mass is 305 g/mol. The van der Waals surface area contributed by atoms with Gasteiger partial charge in [0.1, 0.15) is 5.82 Å². The molecule has 0 atom stereocenters. The molecule has 2 aromatic rings. The molecule has 2 rings (SSSR count). The van der Waals surface area contributed by atoms with Crippen molar-refractivity contribution in [2.24, 2.45) is 0 Å². The van der Waals surface area contributed by atoms with Gasteiger partial charge in [0.15, 0.2) is 0 Å². The predicted molar refractivity (Wildman–Crippen MR) is 80.4 cm³/mol. The van der Waals surface area contributed by atoms with E-state index in [0.717, 1.165) is 34.6 Å². The Labute approximate surface area is 116 Å². The van der Waals surface area contributed by atoms with Gasteiger partial charge in [0, 0.05) is 34.7 Å². The Morgan fingerprint density at radius 3 is 2.61 bits per heavy atom. The van der Waals surface area contributed by atoms with E-state index in [0.29, 0.717) is 0 Å². The number of hydrogen-bond donors (Lipinski definition) is 2. The summed E-state index contributed by atoms with van der Waals surface area (Å²) in [4.78, 5) is 4.27. The van der Waals surface area contributed by atoms with Gasteiger partial charge >= 0.3 is 0 Å². The van der Waals surface area contributed by atoms with Crippen LogP contribution in [0, 0.1) is 0 Å². The van der Waals surface area contributed by atoms with Crippen LogP contribution in [0.2, 0.25) is 0 Å². The third kappa shape index (κ3) is 3.74. The van der Waals surface area contributed by atoms with E-state index >= 15 is 0 Å². The van der Waals surface area contributed by atoms with Gasteiger partial charge in [0.25, 0.3) is 0 Å². The number of aromatic nitrogens is 1. The smallest absolute Gasteiger partial charge is 0.127 e. The number of nitrogens with one attached hydrogen (secondary N) is 2. The minimum atomic E-state index is 0.902. The molecule has 0 aliphatic rings. The van der Waals surface area contributed by atoms with Gasteiger partial charge in [0.05, 0.1) is 0 Å². The Morgan fingerprint density at radius 1 is 1.11 bits per heavy atom. The topological polar surface area (TPSA) is 37.0 Å². The summed E-state index contributed by atoms with van der Waals surface area (Å²) in [6, 6.07) is 12.1. The highest BCUT2D eigenvalue weighted by atomic mass is 79.9. The van der Waals surface area contributed by atoms with Crippen LogP contribution in [0.15, 0.2) is 47.1 Å². The highest BCUT2D eigenvalue weighted by Crippen LogP contribution is 2.20. The maximum absolute atomic E-state index is 4.27. The molecule has 0 amide bonds. The molecule has 0 aliphatic carbocycles. The zero-order valence-corrected chi connectivity index (χ0v) is 11.9. The van der Waals surface area contributed by atoms with Gasteiger partial charge in [-0.15, -0.1) is 0 Å². The van der Waals surface area contributed by atoms with Crippen LogP contribution in [-0.4, -0.2) is 11.5 Å². The van der Waals surface area contributed by atoms with Crippen molar-refractivity contribution in [2.45, 2.75) is 13.3 Å². The molecule has 1 aromatic carbocycles. The van der Waals surface area contributed by atoms with E-state index in [1.165, 1.54) is 0 Å². The van der Waals surface area contributed by atoms with Crippen LogP contribution in [0.3, 0.4) is 0 Å². The first-order chi connectivity index (χ1) is 8.78. The fourth-order valence-corrected chi connectivity index (χ4v) is 1.82. The molecule has 3 nitrogen and oxygen atoms in total. The molecule has 1 aromatic heterocycles. The lowest BCUT2D eigenvalue weighted by Gasteiger charge is -2.09. The fourth-order valence-electron chi connectivity index (χ4n) is 1.56. The normalized spacial score (nSPS) is 10.1. The standard InChI is InChI=1S/C14H16BrN3/c1-2-8-16-14-10-13(7-9-17-14)18-12-5-3-11(15)4-6-12/h3-7,9-10H,2,8H2,1H3,(H2,16,17,18). The van der Waals surface area contributed by atoms with E-state index in [1.807, 2.05) is 36.4 Å². The van der Waals surface area contributed by atoms with Gasteiger partial charge in [-0.25, -0.2) is 4.98 Å². The Balaban J connectivity index is 2.06. The second-order valence-electron chi connectivity index (χ2n) is 3.99. The van der Waals surface area contributed by atoms with E-state index in [4.69, 9.17) is 0 Å². The van der Waals surface area contributed by atoms with Crippen LogP contribution in [-0.2, 0) is 0 Å². The van der Waals surface area contributed by atoms with E-state index < -0.39 is 0 Å². The molecule has 0 aliphatic heterocycles. The van der Waals surface area contributed by atoms with E-state index in [-0.39, 0.29) is 0 Å². The molecule has 0 radical (unpaired) electrons. The summed E-state index contributed by atoms with van der Waals surface area (Å²) in [5, 5.41) is 6.62. The van der Waals surface area contributed by atoms with Crippen LogP contribution < -0.4 is 10.6 Å². The van der Waals surface area contributed by atoms with Crippen molar-refractivity contribution in [3.05, 3.63) is 47.1 Å². The second kappa shape index (κ2) is 6.40. The maximum atomic E-state index is 4.27. The molecule has 0 unspecified atom stereocenters. The molecule has 0 fully saturated rings. The number of benzene rings is 1. The first-order valence-corrected chi connectivity index (χ1v) is 6.80. The molecule has 0 saturated heterocycles. The molecular weight excluding hydrogens is 290 g/mol. The average molecular weight is 306 g/mol. The molecular formula is C14H16BrN3. The summed E-state index contributed by atoms with van der Waals surface area (Å²) in [6.45, 7) is 3.08. The van der Waals surface area contributed by atoms with Crippen LogP contribution >= 0.6 is 15.9 Å². The minimum Gasteiger partial charge on any atom is -0.370 e. The third-order valence-electron chi connectivity index (χ3n) is 2.45. The lowest BCUT2D eigenvalue weighted by Crippen LogP contribution is -2.02. The molecule has 94 valence electrons. The van der Waals surface area contributed by atoms with Crippen LogP contribution in [0.4, 0.5) is 17.2 Å². The summed E-state index contributed by atoms with van der Waals surface area (Å²) < 4.78 is 1.08. The zero-order valence-electron chi connectivity index (χ0n) is 10.3. The van der Waals surface area contributed by atoms with Crippen molar-refractivity contribution in [3.63, 3.8) is 0 Å². The molecule has 0 spiro atoms. The van der Waals surface area contributed by atoms with Crippen molar-refractivity contribution in [1.29, 1.82) is 0 Å². The molecule has 4 heteroatoms. The SMILES string of the molecule is CCCNc1cc(Nc2ccc(Br)cc2)ccn1. The number of halogens is 1.